The van der Waals surface area contributed by atoms with Crippen molar-refractivity contribution in [3.63, 3.8) is 0 Å². The van der Waals surface area contributed by atoms with Crippen LogP contribution in [0, 0.1) is 3.57 Å². The van der Waals surface area contributed by atoms with E-state index in [9.17, 15) is 9.59 Å². The predicted molar refractivity (Wildman–Crippen MR) is 105 cm³/mol. The molecule has 4 aromatic rings. The van der Waals surface area contributed by atoms with Gasteiger partial charge in [-0.1, -0.05) is 0 Å². The Bertz CT molecular complexity index is 1120. The molecule has 136 valence electrons. The van der Waals surface area contributed by atoms with Crippen molar-refractivity contribution < 1.29 is 26.0 Å². The molecule has 1 unspecified atom stereocenters. The van der Waals surface area contributed by atoms with Crippen LogP contribution in [0.1, 0.15) is 4.05 Å². The van der Waals surface area contributed by atoms with E-state index in [0.29, 0.717) is 5.39 Å². The van der Waals surface area contributed by atoms with E-state index in [1.165, 1.54) is 11.5 Å². The Morgan fingerprint density at radius 2 is 1.52 bits per heavy atom. The molecule has 3 aromatic carbocycles. The van der Waals surface area contributed by atoms with Gasteiger partial charge >= 0.3 is 171 Å². The molecule has 0 aliphatic rings. The number of rotatable bonds is 5. The summed E-state index contributed by atoms with van der Waals surface area (Å²) >= 11 is 0.611. The van der Waals surface area contributed by atoms with Crippen LogP contribution in [0.15, 0.2) is 89.7 Å². The molecular formula is C21H16IN2O2S-. The monoisotopic (exact) mass is 487 g/mol. The van der Waals surface area contributed by atoms with Gasteiger partial charge in [0, 0.05) is 0 Å². The van der Waals surface area contributed by atoms with Crippen LogP contribution in [-0.2, 0) is 4.79 Å². The number of halogens is 1. The Morgan fingerprint density at radius 3 is 2.22 bits per heavy atom. The third-order valence-electron chi connectivity index (χ3n) is 3.94. The van der Waals surface area contributed by atoms with Gasteiger partial charge in [-0.05, 0) is 0 Å². The van der Waals surface area contributed by atoms with Gasteiger partial charge in [0.1, 0.15) is 0 Å². The summed E-state index contributed by atoms with van der Waals surface area (Å²) in [7, 11) is 0. The first kappa shape index (κ1) is 17.9. The van der Waals surface area contributed by atoms with E-state index in [2.05, 4.69) is 5.32 Å². The molecule has 0 saturated carbocycles. The second kappa shape index (κ2) is 8.06. The molecular weight excluding hydrogens is 471 g/mol. The van der Waals surface area contributed by atoms with E-state index in [1.54, 1.807) is 3.96 Å². The van der Waals surface area contributed by atoms with Gasteiger partial charge in [0.05, 0.1) is 0 Å². The molecule has 0 aliphatic heterocycles. The second-order valence-electron chi connectivity index (χ2n) is 5.81. The minimum absolute atomic E-state index is 0.0977. The van der Waals surface area contributed by atoms with Gasteiger partial charge in [-0.2, -0.15) is 0 Å². The van der Waals surface area contributed by atoms with Crippen molar-refractivity contribution >= 4 is 33.2 Å². The molecule has 6 heteroatoms. The van der Waals surface area contributed by atoms with E-state index in [-0.39, 0.29) is 11.5 Å². The van der Waals surface area contributed by atoms with E-state index in [1.807, 2.05) is 84.9 Å². The van der Waals surface area contributed by atoms with Crippen LogP contribution in [0.2, 0.25) is 0 Å². The van der Waals surface area contributed by atoms with E-state index >= 15 is 0 Å². The number of carbonyl (C=O) groups excluding carboxylic acids is 1. The molecule has 1 N–H and O–H groups in total. The SMILES string of the molecule is O=C(Nc1ccccc1)C([I-]c1ccccc1)n1sc2ccccc2c1=O. The number of fused-ring (bicyclic) bond motifs is 1. The number of nitrogens with one attached hydrogen (secondary N) is 1. The summed E-state index contributed by atoms with van der Waals surface area (Å²) in [5.41, 5.74) is 0.637. The van der Waals surface area contributed by atoms with Crippen LogP contribution in [0.25, 0.3) is 10.1 Å². The Hall–Kier alpha value is -2.45. The van der Waals surface area contributed by atoms with Gasteiger partial charge in [-0.15, -0.1) is 0 Å². The van der Waals surface area contributed by atoms with Crippen LogP contribution in [0.5, 0.6) is 0 Å². The molecule has 0 aliphatic carbocycles. The topological polar surface area (TPSA) is 51.1 Å². The number of carbonyl (C=O) groups is 1. The Morgan fingerprint density at radius 1 is 0.889 bits per heavy atom. The van der Waals surface area contributed by atoms with Crippen LogP contribution in [-0.4, -0.2) is 9.86 Å². The maximum atomic E-state index is 13.1. The first-order valence-corrected chi connectivity index (χ1v) is 11.5. The summed E-state index contributed by atoms with van der Waals surface area (Å²) in [6, 6.07) is 26.8. The molecule has 0 saturated heterocycles. The van der Waals surface area contributed by atoms with Crippen LogP contribution >= 0.6 is 11.5 Å². The van der Waals surface area contributed by atoms with Gasteiger partial charge in [0.2, 0.25) is 0 Å². The molecule has 4 rings (SSSR count). The summed E-state index contributed by atoms with van der Waals surface area (Å²) in [4.78, 5) is 26.0. The normalized spacial score (nSPS) is 12.1. The van der Waals surface area contributed by atoms with E-state index < -0.39 is 25.3 Å². The third-order valence-corrected chi connectivity index (χ3v) is 8.60. The minimum atomic E-state index is -0.750. The fourth-order valence-electron chi connectivity index (χ4n) is 2.67. The third kappa shape index (κ3) is 3.96. The number of hydrogen-bond acceptors (Lipinski definition) is 3. The van der Waals surface area contributed by atoms with Gasteiger partial charge in [-0.25, -0.2) is 0 Å². The molecule has 1 heterocycles. The first-order valence-electron chi connectivity index (χ1n) is 8.37. The average Bonchev–Trinajstić information content (AvgIpc) is 3.04. The van der Waals surface area contributed by atoms with Gasteiger partial charge in [0.25, 0.3) is 0 Å². The fraction of sp³-hybridized carbons (Fsp3) is 0.0476. The zero-order valence-corrected chi connectivity index (χ0v) is 17.2. The van der Waals surface area contributed by atoms with Crippen LogP contribution in [0.3, 0.4) is 0 Å². The second-order valence-corrected chi connectivity index (χ2v) is 9.88. The maximum absolute atomic E-state index is 13.1. The van der Waals surface area contributed by atoms with Crippen molar-refractivity contribution in [3.8, 4) is 0 Å². The van der Waals surface area contributed by atoms with Gasteiger partial charge in [-0.3, -0.25) is 0 Å². The zero-order chi connectivity index (χ0) is 18.6. The van der Waals surface area contributed by atoms with E-state index in [4.69, 9.17) is 0 Å². The van der Waals surface area contributed by atoms with Crippen molar-refractivity contribution in [2.24, 2.45) is 0 Å². The number of amides is 1. The fourth-order valence-corrected chi connectivity index (χ4v) is 6.71. The summed E-state index contributed by atoms with van der Waals surface area (Å²) in [5, 5.41) is 3.63. The van der Waals surface area contributed by atoms with Crippen molar-refractivity contribution in [1.29, 1.82) is 0 Å². The number of hydrogen-bond donors (Lipinski definition) is 1. The number of aromatic nitrogens is 1. The average molecular weight is 487 g/mol. The number of benzene rings is 3. The molecule has 27 heavy (non-hydrogen) atoms. The predicted octanol–water partition coefficient (Wildman–Crippen LogP) is 1.16. The van der Waals surface area contributed by atoms with Crippen molar-refractivity contribution in [2.75, 3.05) is 5.32 Å². The van der Waals surface area contributed by atoms with Crippen LogP contribution < -0.4 is 32.1 Å². The summed E-state index contributed by atoms with van der Waals surface area (Å²) in [5.74, 6) is -0.147. The number of anilines is 1. The van der Waals surface area contributed by atoms with E-state index in [0.717, 1.165) is 14.0 Å². The zero-order valence-electron chi connectivity index (χ0n) is 14.2. The quantitative estimate of drug-likeness (QED) is 0.340. The van der Waals surface area contributed by atoms with Crippen LogP contribution in [0.4, 0.5) is 5.69 Å². The van der Waals surface area contributed by atoms with Gasteiger partial charge < -0.3 is 0 Å². The molecule has 4 nitrogen and oxygen atoms in total. The molecule has 0 fully saturated rings. The summed E-state index contributed by atoms with van der Waals surface area (Å²) in [6.45, 7) is 0. The molecule has 0 spiro atoms. The Labute approximate surface area is 170 Å². The van der Waals surface area contributed by atoms with Gasteiger partial charge in [0.15, 0.2) is 0 Å². The summed E-state index contributed by atoms with van der Waals surface area (Å²) in [6.07, 6.45) is 0. The van der Waals surface area contributed by atoms with Crippen molar-refractivity contribution in [1.82, 2.24) is 3.96 Å². The number of alkyl halides is 1. The molecule has 0 radical (unpaired) electrons. The Balaban J connectivity index is 1.74. The molecule has 0 bridgehead atoms. The van der Waals surface area contributed by atoms with Crippen molar-refractivity contribution in [2.45, 2.75) is 4.05 Å². The van der Waals surface area contributed by atoms with Crippen molar-refractivity contribution in [3.05, 3.63) is 98.9 Å². The molecule has 1 atom stereocenters. The molecule has 1 amide bonds. The Kier molecular flexibility index (Phi) is 5.35. The first-order chi connectivity index (χ1) is 13.2. The molecule has 1 aromatic heterocycles. The summed E-state index contributed by atoms with van der Waals surface area (Å²) < 4.78 is 3.16. The number of nitrogens with zero attached hydrogens (tertiary/aromatic N) is 1. The standard InChI is InChI=1S/C21H16IN2O2S/c25-20(23-16-11-5-2-6-12-16)19(22-15-9-3-1-4-10-15)24-21(26)17-13-7-8-14-18(17)27-24/h1-14,19H,(H,23,25)/q-1. The number of para-hydroxylation sites is 1.